The van der Waals surface area contributed by atoms with Gasteiger partial charge in [-0.15, -0.1) is 0 Å². The molecular formula is C19H17N5O2. The summed E-state index contributed by atoms with van der Waals surface area (Å²) in [6.07, 6.45) is 8.02. The van der Waals surface area contributed by atoms with Gasteiger partial charge in [0.2, 0.25) is 0 Å². The van der Waals surface area contributed by atoms with E-state index in [1.807, 2.05) is 12.1 Å². The second-order valence-electron chi connectivity index (χ2n) is 5.45. The predicted molar refractivity (Wildman–Crippen MR) is 96.4 cm³/mol. The highest BCUT2D eigenvalue weighted by atomic mass is 16.2. The molecule has 3 aromatic rings. The summed E-state index contributed by atoms with van der Waals surface area (Å²) in [5, 5.41) is 5.52. The summed E-state index contributed by atoms with van der Waals surface area (Å²) >= 11 is 0. The third-order valence-electron chi connectivity index (χ3n) is 3.68. The lowest BCUT2D eigenvalue weighted by Gasteiger charge is -2.08. The van der Waals surface area contributed by atoms with E-state index in [4.69, 9.17) is 0 Å². The van der Waals surface area contributed by atoms with Crippen LogP contribution in [0.2, 0.25) is 0 Å². The number of pyridine rings is 1. The first-order chi connectivity index (χ1) is 12.7. The fraction of sp³-hybridized carbons (Fsp3) is 0.105. The van der Waals surface area contributed by atoms with Crippen LogP contribution in [0, 0.1) is 0 Å². The van der Waals surface area contributed by atoms with E-state index in [0.717, 1.165) is 11.1 Å². The normalized spacial score (nSPS) is 10.2. The van der Waals surface area contributed by atoms with Gasteiger partial charge in [0.15, 0.2) is 0 Å². The Morgan fingerprint density at radius 3 is 1.81 bits per heavy atom. The molecule has 2 amide bonds. The standard InChI is InChI=1S/C19H17N5O2/c25-18(23-9-10-24-19(26)16-5-7-20-8-6-16)15-3-1-14(2-4-15)17-11-21-13-22-12-17/h1-8,11-13H,9-10H2,(H,23,25)(H,24,26). The molecule has 130 valence electrons. The molecule has 0 atom stereocenters. The lowest BCUT2D eigenvalue weighted by Crippen LogP contribution is -2.34. The Bertz CT molecular complexity index is 867. The molecule has 26 heavy (non-hydrogen) atoms. The van der Waals surface area contributed by atoms with E-state index < -0.39 is 0 Å². The highest BCUT2D eigenvalue weighted by molar-refractivity contribution is 5.95. The van der Waals surface area contributed by atoms with Crippen LogP contribution in [0.15, 0.2) is 67.5 Å². The fourth-order valence-electron chi connectivity index (χ4n) is 2.32. The Morgan fingerprint density at radius 2 is 1.23 bits per heavy atom. The lowest BCUT2D eigenvalue weighted by atomic mass is 10.1. The van der Waals surface area contributed by atoms with Gasteiger partial charge in [0.1, 0.15) is 6.33 Å². The van der Waals surface area contributed by atoms with Gasteiger partial charge in [0.25, 0.3) is 11.8 Å². The summed E-state index contributed by atoms with van der Waals surface area (Å²) < 4.78 is 0. The van der Waals surface area contributed by atoms with E-state index in [1.54, 1.807) is 49.1 Å². The van der Waals surface area contributed by atoms with Crippen molar-refractivity contribution in [2.75, 3.05) is 13.1 Å². The summed E-state index contributed by atoms with van der Waals surface area (Å²) in [6.45, 7) is 0.677. The molecule has 0 saturated heterocycles. The second-order valence-corrected chi connectivity index (χ2v) is 5.45. The number of rotatable bonds is 6. The zero-order chi connectivity index (χ0) is 18.2. The quantitative estimate of drug-likeness (QED) is 0.662. The van der Waals surface area contributed by atoms with Crippen molar-refractivity contribution in [3.63, 3.8) is 0 Å². The Balaban J connectivity index is 1.47. The zero-order valence-corrected chi connectivity index (χ0v) is 13.9. The maximum absolute atomic E-state index is 12.2. The average Bonchev–Trinajstić information content (AvgIpc) is 2.72. The Morgan fingerprint density at radius 1 is 0.692 bits per heavy atom. The molecule has 0 aliphatic heterocycles. The topological polar surface area (TPSA) is 96.9 Å². The van der Waals surface area contributed by atoms with E-state index in [9.17, 15) is 9.59 Å². The summed E-state index contributed by atoms with van der Waals surface area (Å²) in [7, 11) is 0. The fourth-order valence-corrected chi connectivity index (χ4v) is 2.32. The van der Waals surface area contributed by atoms with Crippen LogP contribution in [-0.4, -0.2) is 39.9 Å². The summed E-state index contributed by atoms with van der Waals surface area (Å²) in [5.74, 6) is -0.393. The van der Waals surface area contributed by atoms with Gasteiger partial charge in [-0.1, -0.05) is 12.1 Å². The molecule has 0 spiro atoms. The first kappa shape index (κ1) is 17.2. The third kappa shape index (κ3) is 4.47. The van der Waals surface area contributed by atoms with Gasteiger partial charge >= 0.3 is 0 Å². The molecule has 0 fully saturated rings. The Labute approximate surface area is 150 Å². The molecule has 0 saturated carbocycles. The van der Waals surface area contributed by atoms with Crippen molar-refractivity contribution in [1.82, 2.24) is 25.6 Å². The van der Waals surface area contributed by atoms with E-state index >= 15 is 0 Å². The molecule has 0 aliphatic carbocycles. The second kappa shape index (κ2) is 8.48. The molecule has 2 aromatic heterocycles. The van der Waals surface area contributed by atoms with Crippen molar-refractivity contribution in [1.29, 1.82) is 0 Å². The molecule has 3 rings (SSSR count). The minimum absolute atomic E-state index is 0.195. The smallest absolute Gasteiger partial charge is 0.251 e. The van der Waals surface area contributed by atoms with Gasteiger partial charge in [-0.05, 0) is 29.8 Å². The number of nitrogens with one attached hydrogen (secondary N) is 2. The first-order valence-electron chi connectivity index (χ1n) is 8.06. The molecule has 1 aromatic carbocycles. The number of carbonyl (C=O) groups is 2. The van der Waals surface area contributed by atoms with Crippen LogP contribution >= 0.6 is 0 Å². The molecule has 2 heterocycles. The number of benzene rings is 1. The van der Waals surface area contributed by atoms with Crippen molar-refractivity contribution in [3.8, 4) is 11.1 Å². The maximum atomic E-state index is 12.2. The number of aromatic nitrogens is 3. The molecule has 7 heteroatoms. The molecule has 7 nitrogen and oxygen atoms in total. The molecule has 0 aliphatic rings. The lowest BCUT2D eigenvalue weighted by molar-refractivity contribution is 0.0927. The van der Waals surface area contributed by atoms with Crippen molar-refractivity contribution >= 4 is 11.8 Å². The minimum atomic E-state index is -0.198. The third-order valence-corrected chi connectivity index (χ3v) is 3.68. The number of hydrogen-bond acceptors (Lipinski definition) is 5. The van der Waals surface area contributed by atoms with Crippen LogP contribution in [0.3, 0.4) is 0 Å². The number of hydrogen-bond donors (Lipinski definition) is 2. The van der Waals surface area contributed by atoms with Gasteiger partial charge in [-0.3, -0.25) is 14.6 Å². The van der Waals surface area contributed by atoms with E-state index in [-0.39, 0.29) is 11.8 Å². The largest absolute Gasteiger partial charge is 0.350 e. The summed E-state index contributed by atoms with van der Waals surface area (Å²) in [4.78, 5) is 35.8. The van der Waals surface area contributed by atoms with Gasteiger partial charge in [-0.2, -0.15) is 0 Å². The monoisotopic (exact) mass is 347 g/mol. The van der Waals surface area contributed by atoms with Crippen molar-refractivity contribution < 1.29 is 9.59 Å². The highest BCUT2D eigenvalue weighted by Gasteiger charge is 2.07. The van der Waals surface area contributed by atoms with Gasteiger partial charge < -0.3 is 10.6 Å². The molecule has 2 N–H and O–H groups in total. The van der Waals surface area contributed by atoms with Crippen molar-refractivity contribution in [2.45, 2.75) is 0 Å². The van der Waals surface area contributed by atoms with Gasteiger partial charge in [0, 0.05) is 54.6 Å². The minimum Gasteiger partial charge on any atom is -0.350 e. The van der Waals surface area contributed by atoms with Crippen LogP contribution < -0.4 is 10.6 Å². The SMILES string of the molecule is O=C(NCCNC(=O)c1ccc(-c2cncnc2)cc1)c1ccncc1. The first-order valence-corrected chi connectivity index (χ1v) is 8.06. The summed E-state index contributed by atoms with van der Waals surface area (Å²) in [5.41, 5.74) is 2.91. The average molecular weight is 347 g/mol. The number of nitrogens with zero attached hydrogens (tertiary/aromatic N) is 3. The Kier molecular flexibility index (Phi) is 5.61. The predicted octanol–water partition coefficient (Wildman–Crippen LogP) is 1.70. The van der Waals surface area contributed by atoms with Crippen LogP contribution in [-0.2, 0) is 0 Å². The number of carbonyl (C=O) groups excluding carboxylic acids is 2. The van der Waals surface area contributed by atoms with Crippen LogP contribution in [0.4, 0.5) is 0 Å². The van der Waals surface area contributed by atoms with Crippen molar-refractivity contribution in [3.05, 3.63) is 78.6 Å². The van der Waals surface area contributed by atoms with Crippen LogP contribution in [0.25, 0.3) is 11.1 Å². The number of amides is 2. The molecular weight excluding hydrogens is 330 g/mol. The van der Waals surface area contributed by atoms with Gasteiger partial charge in [-0.25, -0.2) is 9.97 Å². The highest BCUT2D eigenvalue weighted by Crippen LogP contribution is 2.17. The maximum Gasteiger partial charge on any atom is 0.251 e. The molecule has 0 unspecified atom stereocenters. The van der Waals surface area contributed by atoms with Gasteiger partial charge in [0.05, 0.1) is 0 Å². The summed E-state index contributed by atoms with van der Waals surface area (Å²) in [6, 6.07) is 10.4. The molecule has 0 bridgehead atoms. The van der Waals surface area contributed by atoms with Crippen LogP contribution in [0.1, 0.15) is 20.7 Å². The zero-order valence-electron chi connectivity index (χ0n) is 13.9. The van der Waals surface area contributed by atoms with E-state index in [2.05, 4.69) is 25.6 Å². The van der Waals surface area contributed by atoms with Crippen molar-refractivity contribution in [2.24, 2.45) is 0 Å². The molecule has 0 radical (unpaired) electrons. The Hall–Kier alpha value is -3.61. The van der Waals surface area contributed by atoms with Crippen LogP contribution in [0.5, 0.6) is 0 Å². The van der Waals surface area contributed by atoms with E-state index in [1.165, 1.54) is 6.33 Å². The van der Waals surface area contributed by atoms with E-state index in [0.29, 0.717) is 24.2 Å².